The Morgan fingerprint density at radius 2 is 2.55 bits per heavy atom. The van der Waals surface area contributed by atoms with Crippen LogP contribution >= 0.6 is 0 Å². The van der Waals surface area contributed by atoms with Crippen molar-refractivity contribution in [3.05, 3.63) is 24.2 Å². The van der Waals surface area contributed by atoms with Crippen molar-refractivity contribution in [2.24, 2.45) is 0 Å². The minimum absolute atomic E-state index is 0.192. The van der Waals surface area contributed by atoms with Gasteiger partial charge in [-0.2, -0.15) is 0 Å². The molecule has 0 aromatic carbocycles. The number of carbonyl (C=O) groups is 1. The van der Waals surface area contributed by atoms with Gasteiger partial charge in [-0.15, -0.1) is 0 Å². The van der Waals surface area contributed by atoms with Crippen LogP contribution in [0.5, 0.6) is 0 Å². The van der Waals surface area contributed by atoms with Gasteiger partial charge in [0.2, 0.25) is 6.10 Å². The number of aliphatic hydroxyl groups excluding tert-OH is 1. The third-order valence-electron chi connectivity index (χ3n) is 1.24. The zero-order valence-corrected chi connectivity index (χ0v) is 5.98. The van der Waals surface area contributed by atoms with Gasteiger partial charge in [0.05, 0.1) is 13.4 Å². The molecule has 0 spiro atoms. The summed E-state index contributed by atoms with van der Waals surface area (Å²) in [7, 11) is 1.20. The van der Waals surface area contributed by atoms with Gasteiger partial charge in [-0.3, -0.25) is 0 Å². The van der Waals surface area contributed by atoms with E-state index in [9.17, 15) is 4.79 Å². The van der Waals surface area contributed by atoms with E-state index in [1.807, 2.05) is 0 Å². The third-order valence-corrected chi connectivity index (χ3v) is 1.24. The molecule has 11 heavy (non-hydrogen) atoms. The molecule has 0 fully saturated rings. The van der Waals surface area contributed by atoms with Gasteiger partial charge in [-0.1, -0.05) is 0 Å². The predicted molar refractivity (Wildman–Crippen MR) is 35.7 cm³/mol. The molecule has 4 heteroatoms. The molecule has 4 nitrogen and oxygen atoms in total. The second-order valence-electron chi connectivity index (χ2n) is 1.94. The first-order chi connectivity index (χ1) is 5.25. The Morgan fingerprint density at radius 3 is 3.00 bits per heavy atom. The summed E-state index contributed by atoms with van der Waals surface area (Å²) in [5, 5.41) is 9.11. The Hall–Kier alpha value is -1.29. The second-order valence-corrected chi connectivity index (χ2v) is 1.94. The van der Waals surface area contributed by atoms with E-state index in [1.165, 1.54) is 19.4 Å². The molecular formula is C7H8O4. The van der Waals surface area contributed by atoms with Crippen molar-refractivity contribution in [1.29, 1.82) is 0 Å². The molecule has 0 saturated carbocycles. The van der Waals surface area contributed by atoms with E-state index in [0.717, 1.165) is 0 Å². The van der Waals surface area contributed by atoms with E-state index >= 15 is 0 Å². The molecular weight excluding hydrogens is 148 g/mol. The van der Waals surface area contributed by atoms with E-state index in [0.29, 0.717) is 0 Å². The lowest BCUT2D eigenvalue weighted by molar-refractivity contribution is -0.151. The number of esters is 1. The largest absolute Gasteiger partial charge is 0.467 e. The normalized spacial score (nSPS) is 12.5. The lowest BCUT2D eigenvalue weighted by Gasteiger charge is -2.03. The van der Waals surface area contributed by atoms with Crippen LogP contribution in [-0.2, 0) is 9.53 Å². The average Bonchev–Trinajstić information content (AvgIpc) is 2.53. The second kappa shape index (κ2) is 3.21. The number of aliphatic hydroxyl groups is 1. The van der Waals surface area contributed by atoms with Gasteiger partial charge in [-0.25, -0.2) is 4.79 Å². The van der Waals surface area contributed by atoms with Crippen molar-refractivity contribution in [1.82, 2.24) is 0 Å². The molecule has 1 aromatic rings. The van der Waals surface area contributed by atoms with Crippen molar-refractivity contribution in [2.45, 2.75) is 6.10 Å². The molecule has 1 aromatic heterocycles. The third kappa shape index (κ3) is 1.59. The zero-order valence-electron chi connectivity index (χ0n) is 5.98. The van der Waals surface area contributed by atoms with Gasteiger partial charge < -0.3 is 14.3 Å². The standard InChI is InChI=1S/C7H8O4/c1-10-7(9)6(8)5-3-2-4-11-5/h2-4,6,8H,1H3. The summed E-state index contributed by atoms with van der Waals surface area (Å²) in [6.07, 6.45) is 0.0663. The summed E-state index contributed by atoms with van der Waals surface area (Å²) in [5.74, 6) is -0.531. The summed E-state index contributed by atoms with van der Waals surface area (Å²) >= 11 is 0. The van der Waals surface area contributed by atoms with Gasteiger partial charge in [0.15, 0.2) is 0 Å². The predicted octanol–water partition coefficient (Wildman–Crippen LogP) is 0.486. The molecule has 0 radical (unpaired) electrons. The van der Waals surface area contributed by atoms with Crippen molar-refractivity contribution in [2.75, 3.05) is 7.11 Å². The molecule has 1 unspecified atom stereocenters. The van der Waals surface area contributed by atoms with Crippen LogP contribution in [0.15, 0.2) is 22.8 Å². The number of hydrogen-bond acceptors (Lipinski definition) is 4. The Kier molecular flexibility index (Phi) is 2.28. The summed E-state index contributed by atoms with van der Waals surface area (Å²) in [4.78, 5) is 10.7. The minimum Gasteiger partial charge on any atom is -0.467 e. The first-order valence-electron chi connectivity index (χ1n) is 3.05. The number of hydrogen-bond donors (Lipinski definition) is 1. The molecule has 1 heterocycles. The van der Waals surface area contributed by atoms with Gasteiger partial charge in [0, 0.05) is 0 Å². The number of furan rings is 1. The van der Waals surface area contributed by atoms with Crippen LogP contribution in [0.25, 0.3) is 0 Å². The molecule has 0 aliphatic rings. The molecule has 0 saturated heterocycles. The first kappa shape index (κ1) is 7.81. The van der Waals surface area contributed by atoms with Gasteiger partial charge in [0.1, 0.15) is 5.76 Å². The maximum atomic E-state index is 10.7. The van der Waals surface area contributed by atoms with E-state index in [4.69, 9.17) is 9.52 Å². The Morgan fingerprint density at radius 1 is 1.82 bits per heavy atom. The van der Waals surface area contributed by atoms with Crippen LogP contribution in [0, 0.1) is 0 Å². The highest BCUT2D eigenvalue weighted by Crippen LogP contribution is 2.13. The van der Waals surface area contributed by atoms with Crippen molar-refractivity contribution < 1.29 is 19.1 Å². The lowest BCUT2D eigenvalue weighted by Crippen LogP contribution is -2.12. The molecule has 0 bridgehead atoms. The molecule has 0 aliphatic carbocycles. The quantitative estimate of drug-likeness (QED) is 0.633. The van der Waals surface area contributed by atoms with Crippen LogP contribution in [0.4, 0.5) is 0 Å². The Labute approximate surface area is 63.4 Å². The van der Waals surface area contributed by atoms with E-state index < -0.39 is 12.1 Å². The number of methoxy groups -OCH3 is 1. The van der Waals surface area contributed by atoms with Gasteiger partial charge in [0.25, 0.3) is 0 Å². The van der Waals surface area contributed by atoms with Crippen molar-refractivity contribution in [3.8, 4) is 0 Å². The lowest BCUT2D eigenvalue weighted by atomic mass is 10.3. The van der Waals surface area contributed by atoms with Crippen LogP contribution in [0.3, 0.4) is 0 Å². The Balaban J connectivity index is 2.70. The smallest absolute Gasteiger partial charge is 0.342 e. The van der Waals surface area contributed by atoms with Crippen molar-refractivity contribution in [3.63, 3.8) is 0 Å². The molecule has 1 atom stereocenters. The summed E-state index contributed by atoms with van der Waals surface area (Å²) in [6.45, 7) is 0. The maximum Gasteiger partial charge on any atom is 0.342 e. The van der Waals surface area contributed by atoms with Crippen molar-refractivity contribution >= 4 is 5.97 Å². The number of carbonyl (C=O) groups excluding carboxylic acids is 1. The van der Waals surface area contributed by atoms with Crippen LogP contribution in [0.2, 0.25) is 0 Å². The summed E-state index contributed by atoms with van der Waals surface area (Å²) in [6, 6.07) is 3.09. The molecule has 0 aliphatic heterocycles. The van der Waals surface area contributed by atoms with Gasteiger partial charge in [-0.05, 0) is 12.1 Å². The molecule has 1 N–H and O–H groups in total. The topological polar surface area (TPSA) is 59.7 Å². The summed E-state index contributed by atoms with van der Waals surface area (Å²) in [5.41, 5.74) is 0. The Bertz CT molecular complexity index is 227. The molecule has 60 valence electrons. The number of rotatable bonds is 2. The molecule has 1 rings (SSSR count). The zero-order chi connectivity index (χ0) is 8.27. The fraction of sp³-hybridized carbons (Fsp3) is 0.286. The monoisotopic (exact) mass is 156 g/mol. The average molecular weight is 156 g/mol. The highest BCUT2D eigenvalue weighted by molar-refractivity contribution is 5.75. The van der Waals surface area contributed by atoms with Crippen LogP contribution < -0.4 is 0 Å². The first-order valence-corrected chi connectivity index (χ1v) is 3.05. The fourth-order valence-corrected chi connectivity index (χ4v) is 0.675. The highest BCUT2D eigenvalue weighted by atomic mass is 16.5. The van der Waals surface area contributed by atoms with E-state index in [-0.39, 0.29) is 5.76 Å². The van der Waals surface area contributed by atoms with Gasteiger partial charge >= 0.3 is 5.97 Å². The van der Waals surface area contributed by atoms with E-state index in [1.54, 1.807) is 6.07 Å². The van der Waals surface area contributed by atoms with E-state index in [2.05, 4.69) is 4.74 Å². The SMILES string of the molecule is COC(=O)C(O)c1ccco1. The maximum absolute atomic E-state index is 10.7. The summed E-state index contributed by atoms with van der Waals surface area (Å²) < 4.78 is 9.05. The minimum atomic E-state index is -1.31. The molecule has 0 amide bonds. The number of ether oxygens (including phenoxy) is 1. The fourth-order valence-electron chi connectivity index (χ4n) is 0.675. The van der Waals surface area contributed by atoms with Crippen LogP contribution in [-0.4, -0.2) is 18.2 Å². The van der Waals surface area contributed by atoms with Crippen LogP contribution in [0.1, 0.15) is 11.9 Å². The highest BCUT2D eigenvalue weighted by Gasteiger charge is 2.19.